The van der Waals surface area contributed by atoms with Crippen LogP contribution < -0.4 is 20.1 Å². The number of thiazole rings is 1. The Kier molecular flexibility index (Phi) is 16.7. The summed E-state index contributed by atoms with van der Waals surface area (Å²) in [5, 5.41) is 8.18. The number of nitrogens with zero attached hydrogens (tertiary/aromatic N) is 5. The fraction of sp³-hybridized carbons (Fsp3) is 0.432. The number of piperazine rings is 1. The van der Waals surface area contributed by atoms with Gasteiger partial charge in [-0.05, 0) is 30.3 Å². The molecule has 1 saturated heterocycles. The first kappa shape index (κ1) is 40.8. The minimum atomic E-state index is -0.128. The number of ketones is 1. The van der Waals surface area contributed by atoms with Crippen LogP contribution in [0.2, 0.25) is 5.02 Å². The van der Waals surface area contributed by atoms with Crippen molar-refractivity contribution in [3.05, 3.63) is 81.4 Å². The van der Waals surface area contributed by atoms with Crippen LogP contribution in [0.1, 0.15) is 26.4 Å². The van der Waals surface area contributed by atoms with E-state index in [0.29, 0.717) is 123 Å². The molecule has 54 heavy (non-hydrogen) atoms. The van der Waals surface area contributed by atoms with E-state index in [-0.39, 0.29) is 11.7 Å². The first-order valence-electron chi connectivity index (χ1n) is 17.6. The Bertz CT molecular complexity index is 1760. The SMILES string of the molecule is CNc1nc(Nc2ccc(C(=O)N3CCN(CCOCCOCCOCCOCCOc4cccc(C(=O)c5cscn5)c4)CC3)cc2OC)ncc1Cl. The number of ether oxygens (including phenoxy) is 6. The average molecular weight is 784 g/mol. The van der Waals surface area contributed by atoms with E-state index in [0.717, 1.165) is 19.6 Å². The van der Waals surface area contributed by atoms with E-state index in [9.17, 15) is 9.59 Å². The van der Waals surface area contributed by atoms with Crippen molar-refractivity contribution in [1.82, 2.24) is 24.8 Å². The first-order valence-corrected chi connectivity index (χ1v) is 18.9. The number of amides is 1. The van der Waals surface area contributed by atoms with E-state index in [1.807, 2.05) is 4.90 Å². The van der Waals surface area contributed by atoms with Gasteiger partial charge in [0.2, 0.25) is 11.7 Å². The maximum atomic E-state index is 13.3. The van der Waals surface area contributed by atoms with Crippen molar-refractivity contribution in [3.63, 3.8) is 0 Å². The largest absolute Gasteiger partial charge is 0.495 e. The molecule has 2 N–H and O–H groups in total. The third kappa shape index (κ3) is 12.6. The van der Waals surface area contributed by atoms with Gasteiger partial charge in [-0.15, -0.1) is 11.3 Å². The normalized spacial score (nSPS) is 13.1. The summed E-state index contributed by atoms with van der Waals surface area (Å²) >= 11 is 7.47. The Balaban J connectivity index is 0.847. The molecular formula is C37H46ClN7O8S. The van der Waals surface area contributed by atoms with E-state index >= 15 is 0 Å². The second kappa shape index (κ2) is 22.1. The minimum Gasteiger partial charge on any atom is -0.495 e. The third-order valence-corrected chi connectivity index (χ3v) is 9.12. The molecule has 2 aromatic carbocycles. The van der Waals surface area contributed by atoms with Crippen molar-refractivity contribution in [1.29, 1.82) is 0 Å². The van der Waals surface area contributed by atoms with Crippen LogP contribution in [0, 0.1) is 0 Å². The molecule has 290 valence electrons. The summed E-state index contributed by atoms with van der Waals surface area (Å²) in [6, 6.07) is 12.3. The highest BCUT2D eigenvalue weighted by atomic mass is 35.5. The smallest absolute Gasteiger partial charge is 0.254 e. The van der Waals surface area contributed by atoms with Crippen molar-refractivity contribution < 1.29 is 38.0 Å². The number of hydrogen-bond acceptors (Lipinski definition) is 15. The molecular weight excluding hydrogens is 738 g/mol. The summed E-state index contributed by atoms with van der Waals surface area (Å²) in [5.74, 6) is 1.78. The van der Waals surface area contributed by atoms with Crippen LogP contribution >= 0.6 is 22.9 Å². The van der Waals surface area contributed by atoms with Gasteiger partial charge in [0.05, 0.1) is 77.4 Å². The van der Waals surface area contributed by atoms with E-state index in [1.165, 1.54) is 17.5 Å². The quantitative estimate of drug-likeness (QED) is 0.0799. The number of carbonyl (C=O) groups excluding carboxylic acids is 2. The Morgan fingerprint density at radius 2 is 1.56 bits per heavy atom. The molecule has 0 unspecified atom stereocenters. The fourth-order valence-corrected chi connectivity index (χ4v) is 6.10. The maximum Gasteiger partial charge on any atom is 0.254 e. The summed E-state index contributed by atoms with van der Waals surface area (Å²) in [4.78, 5) is 42.5. The monoisotopic (exact) mass is 783 g/mol. The van der Waals surface area contributed by atoms with Crippen LogP contribution in [-0.4, -0.2) is 143 Å². The van der Waals surface area contributed by atoms with E-state index in [2.05, 4.69) is 30.5 Å². The molecule has 1 amide bonds. The summed E-state index contributed by atoms with van der Waals surface area (Å²) in [6.45, 7) is 7.73. The molecule has 1 aliphatic heterocycles. The molecule has 0 bridgehead atoms. The second-order valence-electron chi connectivity index (χ2n) is 11.8. The number of nitrogens with one attached hydrogen (secondary N) is 2. The lowest BCUT2D eigenvalue weighted by Gasteiger charge is -2.34. The van der Waals surface area contributed by atoms with Crippen LogP contribution in [0.5, 0.6) is 11.5 Å². The number of hydrogen-bond donors (Lipinski definition) is 2. The van der Waals surface area contributed by atoms with Gasteiger partial charge in [0.1, 0.15) is 34.6 Å². The number of anilines is 3. The first-order chi connectivity index (χ1) is 26.4. The number of methoxy groups -OCH3 is 1. The molecule has 0 atom stereocenters. The number of rotatable bonds is 23. The number of carbonyl (C=O) groups is 2. The van der Waals surface area contributed by atoms with Crippen molar-refractivity contribution >= 4 is 52.1 Å². The zero-order chi connectivity index (χ0) is 38.0. The molecule has 2 aromatic heterocycles. The molecule has 0 spiro atoms. The maximum absolute atomic E-state index is 13.3. The molecule has 1 aliphatic rings. The van der Waals surface area contributed by atoms with Crippen molar-refractivity contribution in [3.8, 4) is 11.5 Å². The number of aromatic nitrogens is 3. The van der Waals surface area contributed by atoms with Gasteiger partial charge in [0.25, 0.3) is 5.91 Å². The Labute approximate surface area is 323 Å². The second-order valence-corrected chi connectivity index (χ2v) is 13.0. The van der Waals surface area contributed by atoms with Crippen molar-refractivity contribution in [2.45, 2.75) is 0 Å². The van der Waals surface area contributed by atoms with Gasteiger partial charge < -0.3 is 44.0 Å². The summed E-state index contributed by atoms with van der Waals surface area (Å²) < 4.78 is 33.7. The van der Waals surface area contributed by atoms with Gasteiger partial charge in [-0.2, -0.15) is 4.98 Å². The van der Waals surface area contributed by atoms with Crippen LogP contribution in [0.15, 0.2) is 59.6 Å². The van der Waals surface area contributed by atoms with Crippen molar-refractivity contribution in [2.75, 3.05) is 117 Å². The number of benzene rings is 2. The number of halogens is 1. The third-order valence-electron chi connectivity index (χ3n) is 8.26. The highest BCUT2D eigenvalue weighted by Gasteiger charge is 2.23. The molecule has 0 aliphatic carbocycles. The Hall–Kier alpha value is -4.42. The van der Waals surface area contributed by atoms with Crippen LogP contribution in [0.25, 0.3) is 0 Å². The molecule has 17 heteroatoms. The molecule has 0 radical (unpaired) electrons. The lowest BCUT2D eigenvalue weighted by Crippen LogP contribution is -2.49. The average Bonchev–Trinajstić information content (AvgIpc) is 3.75. The van der Waals surface area contributed by atoms with Gasteiger partial charge >= 0.3 is 0 Å². The van der Waals surface area contributed by atoms with Crippen molar-refractivity contribution in [2.24, 2.45) is 0 Å². The fourth-order valence-electron chi connectivity index (χ4n) is 5.38. The van der Waals surface area contributed by atoms with Gasteiger partial charge in [-0.3, -0.25) is 14.5 Å². The molecule has 5 rings (SSSR count). The molecule has 4 aromatic rings. The lowest BCUT2D eigenvalue weighted by molar-refractivity contribution is -0.00733. The minimum absolute atomic E-state index is 0.0453. The van der Waals surface area contributed by atoms with Gasteiger partial charge in [0.15, 0.2) is 0 Å². The zero-order valence-corrected chi connectivity index (χ0v) is 32.0. The molecule has 1 fully saturated rings. The van der Waals surface area contributed by atoms with Gasteiger partial charge in [0, 0.05) is 56.3 Å². The summed E-state index contributed by atoms with van der Waals surface area (Å²) in [7, 11) is 3.28. The highest BCUT2D eigenvalue weighted by Crippen LogP contribution is 2.29. The predicted molar refractivity (Wildman–Crippen MR) is 206 cm³/mol. The van der Waals surface area contributed by atoms with Gasteiger partial charge in [-0.25, -0.2) is 9.97 Å². The van der Waals surface area contributed by atoms with E-state index < -0.39 is 0 Å². The van der Waals surface area contributed by atoms with E-state index in [4.69, 9.17) is 40.0 Å². The topological polar surface area (TPSA) is 159 Å². The molecule has 15 nitrogen and oxygen atoms in total. The van der Waals surface area contributed by atoms with Gasteiger partial charge in [-0.1, -0.05) is 23.7 Å². The zero-order valence-electron chi connectivity index (χ0n) is 30.5. The Morgan fingerprint density at radius 1 is 0.852 bits per heavy atom. The van der Waals surface area contributed by atoms with Crippen LogP contribution in [0.3, 0.4) is 0 Å². The predicted octanol–water partition coefficient (Wildman–Crippen LogP) is 4.51. The lowest BCUT2D eigenvalue weighted by atomic mass is 10.1. The van der Waals surface area contributed by atoms with Crippen LogP contribution in [0.4, 0.5) is 17.5 Å². The molecule has 0 saturated carbocycles. The summed E-state index contributed by atoms with van der Waals surface area (Å²) in [6.07, 6.45) is 1.51. The standard InChI is InChI=1S/C37H46ClN7O8S/c1-39-35-30(38)24-40-37(43-35)42-31-7-6-28(23-33(31)48-2)36(47)45-10-8-44(9-11-45)12-13-49-14-15-50-16-17-51-18-19-52-20-21-53-29-5-3-4-27(22-29)34(46)32-25-54-26-41-32/h3-7,22-26H,8-21H2,1-2H3,(H2,39,40,42,43). The van der Waals surface area contributed by atoms with E-state index in [1.54, 1.807) is 67.5 Å². The Morgan fingerprint density at radius 3 is 2.22 bits per heavy atom. The highest BCUT2D eigenvalue weighted by molar-refractivity contribution is 7.07. The summed E-state index contributed by atoms with van der Waals surface area (Å²) in [5.41, 5.74) is 3.78. The molecule has 3 heterocycles. The van der Waals surface area contributed by atoms with Crippen LogP contribution in [-0.2, 0) is 18.9 Å².